The number of benzene rings is 1. The predicted molar refractivity (Wildman–Crippen MR) is 71.2 cm³/mol. The molecule has 0 atom stereocenters. The number of halogens is 2. The molecule has 1 aromatic heterocycles. The Bertz CT molecular complexity index is 464. The molecule has 0 nitrogen and oxygen atoms in total. The van der Waals surface area contributed by atoms with Gasteiger partial charge in [0.15, 0.2) is 0 Å². The van der Waals surface area contributed by atoms with Gasteiger partial charge in [-0.3, -0.25) is 0 Å². The molecular formula is C10H8BrClS2. The molecule has 2 aromatic rings. The zero-order chi connectivity index (χ0) is 10.1. The van der Waals surface area contributed by atoms with E-state index < -0.39 is 0 Å². The second-order valence-electron chi connectivity index (χ2n) is 2.83. The smallest absolute Gasteiger partial charge is 0.0795 e. The van der Waals surface area contributed by atoms with E-state index in [4.69, 9.17) is 11.6 Å². The molecule has 0 aliphatic carbocycles. The highest BCUT2D eigenvalue weighted by Gasteiger charge is 2.11. The molecule has 0 radical (unpaired) electrons. The van der Waals surface area contributed by atoms with Gasteiger partial charge in [0.05, 0.1) is 9.23 Å². The van der Waals surface area contributed by atoms with Gasteiger partial charge in [0.2, 0.25) is 0 Å². The second kappa shape index (κ2) is 4.44. The highest BCUT2D eigenvalue weighted by molar-refractivity contribution is 9.08. The molecule has 0 saturated carbocycles. The molecule has 0 spiro atoms. The number of rotatable bonds is 2. The van der Waals surface area contributed by atoms with Gasteiger partial charge in [-0.05, 0) is 17.9 Å². The van der Waals surface area contributed by atoms with E-state index in [9.17, 15) is 0 Å². The van der Waals surface area contributed by atoms with Crippen molar-refractivity contribution in [3.8, 4) is 0 Å². The lowest BCUT2D eigenvalue weighted by Gasteiger charge is -1.98. The summed E-state index contributed by atoms with van der Waals surface area (Å²) in [5.74, 6) is 0. The minimum atomic E-state index is 0.856. The molecule has 1 heterocycles. The van der Waals surface area contributed by atoms with Gasteiger partial charge >= 0.3 is 0 Å². The quantitative estimate of drug-likeness (QED) is 0.545. The molecular weight excluding hydrogens is 300 g/mol. The van der Waals surface area contributed by atoms with Gasteiger partial charge in [0, 0.05) is 15.4 Å². The van der Waals surface area contributed by atoms with Crippen LogP contribution in [0.1, 0.15) is 5.56 Å². The molecule has 1 aromatic carbocycles. The summed E-state index contributed by atoms with van der Waals surface area (Å²) in [4.78, 5) is 0. The summed E-state index contributed by atoms with van der Waals surface area (Å²) in [6.07, 6.45) is 2.06. The third kappa shape index (κ3) is 1.71. The van der Waals surface area contributed by atoms with Crippen LogP contribution < -0.4 is 0 Å². The van der Waals surface area contributed by atoms with E-state index in [2.05, 4.69) is 40.4 Å². The minimum Gasteiger partial charge on any atom is -0.127 e. The van der Waals surface area contributed by atoms with Crippen LogP contribution in [0.5, 0.6) is 0 Å². The molecule has 0 N–H and O–H groups in total. The lowest BCUT2D eigenvalue weighted by atomic mass is 10.1. The van der Waals surface area contributed by atoms with Crippen molar-refractivity contribution in [3.63, 3.8) is 0 Å². The van der Waals surface area contributed by atoms with Crippen molar-refractivity contribution in [1.82, 2.24) is 0 Å². The summed E-state index contributed by atoms with van der Waals surface area (Å²) < 4.78 is 2.48. The molecule has 0 unspecified atom stereocenters. The van der Waals surface area contributed by atoms with E-state index in [0.29, 0.717) is 0 Å². The van der Waals surface area contributed by atoms with Crippen molar-refractivity contribution in [2.24, 2.45) is 0 Å². The highest BCUT2D eigenvalue weighted by atomic mass is 79.9. The van der Waals surface area contributed by atoms with E-state index >= 15 is 0 Å². The van der Waals surface area contributed by atoms with Crippen LogP contribution in [0.3, 0.4) is 0 Å². The van der Waals surface area contributed by atoms with Gasteiger partial charge in [0.25, 0.3) is 0 Å². The monoisotopic (exact) mass is 306 g/mol. The van der Waals surface area contributed by atoms with Crippen LogP contribution in [0.4, 0.5) is 0 Å². The van der Waals surface area contributed by atoms with Gasteiger partial charge in [-0.1, -0.05) is 39.7 Å². The highest BCUT2D eigenvalue weighted by Crippen LogP contribution is 2.42. The van der Waals surface area contributed by atoms with E-state index in [-0.39, 0.29) is 0 Å². The summed E-state index contributed by atoms with van der Waals surface area (Å²) in [5, 5.41) is 2.97. The first-order chi connectivity index (χ1) is 6.77. The molecule has 0 amide bonds. The van der Waals surface area contributed by atoms with Crippen molar-refractivity contribution >= 4 is 60.7 Å². The summed E-state index contributed by atoms with van der Waals surface area (Å²) in [6.45, 7) is 0. The fourth-order valence-electron chi connectivity index (χ4n) is 1.40. The Morgan fingerprint density at radius 3 is 2.93 bits per heavy atom. The Hall–Kier alpha value is 0.300. The molecule has 2 rings (SSSR count). The molecule has 74 valence electrons. The van der Waals surface area contributed by atoms with Crippen LogP contribution in [0.2, 0.25) is 5.02 Å². The van der Waals surface area contributed by atoms with Gasteiger partial charge < -0.3 is 0 Å². The Labute approximate surface area is 105 Å². The number of hydrogen-bond donors (Lipinski definition) is 0. The minimum absolute atomic E-state index is 0.856. The van der Waals surface area contributed by atoms with Gasteiger partial charge in [-0.25, -0.2) is 0 Å². The summed E-state index contributed by atoms with van der Waals surface area (Å²) >= 11 is 13.3. The zero-order valence-corrected chi connectivity index (χ0v) is 11.5. The third-order valence-electron chi connectivity index (χ3n) is 2.04. The molecule has 0 aliphatic rings. The first kappa shape index (κ1) is 10.8. The zero-order valence-electron chi connectivity index (χ0n) is 7.51. The Morgan fingerprint density at radius 1 is 1.50 bits per heavy atom. The van der Waals surface area contributed by atoms with E-state index in [0.717, 1.165) is 10.4 Å². The first-order valence-corrected chi connectivity index (χ1v) is 7.62. The van der Waals surface area contributed by atoms with Crippen LogP contribution in [0.15, 0.2) is 22.4 Å². The summed E-state index contributed by atoms with van der Waals surface area (Å²) in [6, 6.07) is 6.31. The van der Waals surface area contributed by atoms with Crippen molar-refractivity contribution < 1.29 is 0 Å². The Balaban J connectivity index is 2.79. The maximum Gasteiger partial charge on any atom is 0.0795 e. The largest absolute Gasteiger partial charge is 0.127 e. The van der Waals surface area contributed by atoms with E-state index in [1.165, 1.54) is 19.9 Å². The SMILES string of the molecule is CSc1sc2cccc(CBr)c2c1Cl. The van der Waals surface area contributed by atoms with Gasteiger partial charge in [0.1, 0.15) is 0 Å². The average molecular weight is 308 g/mol. The lowest BCUT2D eigenvalue weighted by molar-refractivity contribution is 1.50. The second-order valence-corrected chi connectivity index (χ2v) is 5.90. The maximum atomic E-state index is 6.31. The number of thioether (sulfide) groups is 1. The van der Waals surface area contributed by atoms with Gasteiger partial charge in [-0.2, -0.15) is 0 Å². The van der Waals surface area contributed by atoms with E-state index in [1.54, 1.807) is 23.1 Å². The predicted octanol–water partition coefficient (Wildman–Crippen LogP) is 5.17. The third-order valence-corrected chi connectivity index (χ3v) is 5.52. The summed E-state index contributed by atoms with van der Waals surface area (Å²) in [5.41, 5.74) is 1.27. The summed E-state index contributed by atoms with van der Waals surface area (Å²) in [7, 11) is 0. The van der Waals surface area contributed by atoms with Crippen LogP contribution in [-0.4, -0.2) is 6.26 Å². The number of fused-ring (bicyclic) bond motifs is 1. The van der Waals surface area contributed by atoms with Crippen molar-refractivity contribution in [3.05, 3.63) is 28.8 Å². The fourth-order valence-corrected chi connectivity index (χ4v) is 4.25. The van der Waals surface area contributed by atoms with Crippen LogP contribution in [-0.2, 0) is 5.33 Å². The first-order valence-electron chi connectivity index (χ1n) is 4.07. The molecule has 4 heteroatoms. The Kier molecular flexibility index (Phi) is 3.42. The number of hydrogen-bond acceptors (Lipinski definition) is 2. The number of alkyl halides is 1. The van der Waals surface area contributed by atoms with Crippen molar-refractivity contribution in [2.45, 2.75) is 9.54 Å². The van der Waals surface area contributed by atoms with Crippen LogP contribution in [0.25, 0.3) is 10.1 Å². The average Bonchev–Trinajstić information content (AvgIpc) is 2.55. The maximum absolute atomic E-state index is 6.31. The van der Waals surface area contributed by atoms with Crippen LogP contribution in [0, 0.1) is 0 Å². The molecule has 0 aliphatic heterocycles. The fraction of sp³-hybridized carbons (Fsp3) is 0.200. The van der Waals surface area contributed by atoms with Crippen molar-refractivity contribution in [2.75, 3.05) is 6.26 Å². The standard InChI is InChI=1S/C10H8BrClS2/c1-13-10-9(12)8-6(5-11)3-2-4-7(8)14-10/h2-4H,5H2,1H3. The normalized spacial score (nSPS) is 11.1. The molecule has 14 heavy (non-hydrogen) atoms. The van der Waals surface area contributed by atoms with Crippen LogP contribution >= 0.6 is 50.6 Å². The molecule has 0 bridgehead atoms. The topological polar surface area (TPSA) is 0 Å². The van der Waals surface area contributed by atoms with Gasteiger partial charge in [-0.15, -0.1) is 23.1 Å². The van der Waals surface area contributed by atoms with E-state index in [1.807, 2.05) is 0 Å². The lowest BCUT2D eigenvalue weighted by Crippen LogP contribution is -1.77. The van der Waals surface area contributed by atoms with Crippen molar-refractivity contribution in [1.29, 1.82) is 0 Å². The molecule has 0 fully saturated rings. The number of thiophene rings is 1. The molecule has 0 saturated heterocycles. The Morgan fingerprint density at radius 2 is 2.29 bits per heavy atom.